The van der Waals surface area contributed by atoms with Crippen molar-refractivity contribution in [3.8, 4) is 0 Å². The number of pyridine rings is 1. The molecule has 62 valence electrons. The zero-order valence-electron chi connectivity index (χ0n) is 6.87. The fourth-order valence-electron chi connectivity index (χ4n) is 1.15. The number of hydrogen-bond acceptors (Lipinski definition) is 2. The van der Waals surface area contributed by atoms with Gasteiger partial charge in [0.15, 0.2) is 5.65 Å². The maximum atomic E-state index is 5.82. The third-order valence-corrected chi connectivity index (χ3v) is 2.13. The van der Waals surface area contributed by atoms with Gasteiger partial charge in [-0.3, -0.25) is 0 Å². The Morgan fingerprint density at radius 1 is 1.50 bits per heavy atom. The first-order valence-corrected chi connectivity index (χ1v) is 4.01. The van der Waals surface area contributed by atoms with E-state index in [0.717, 1.165) is 16.7 Å². The van der Waals surface area contributed by atoms with E-state index in [0.29, 0.717) is 5.28 Å². The van der Waals surface area contributed by atoms with E-state index in [1.807, 2.05) is 20.0 Å². The zero-order valence-corrected chi connectivity index (χ0v) is 7.63. The highest BCUT2D eigenvalue weighted by atomic mass is 35.5. The van der Waals surface area contributed by atoms with Gasteiger partial charge in [0.1, 0.15) is 5.52 Å². The molecule has 0 radical (unpaired) electrons. The van der Waals surface area contributed by atoms with Crippen LogP contribution in [-0.2, 0) is 7.05 Å². The molecule has 3 nitrogen and oxygen atoms in total. The number of fused-ring (bicyclic) bond motifs is 1. The van der Waals surface area contributed by atoms with E-state index in [-0.39, 0.29) is 0 Å². The summed E-state index contributed by atoms with van der Waals surface area (Å²) < 4.78 is 1.76. The summed E-state index contributed by atoms with van der Waals surface area (Å²) in [6, 6.07) is 1.97. The van der Waals surface area contributed by atoms with Gasteiger partial charge in [-0.2, -0.15) is 0 Å². The molecular formula is C8H8ClN3. The second-order valence-electron chi connectivity index (χ2n) is 2.80. The van der Waals surface area contributed by atoms with Gasteiger partial charge in [0, 0.05) is 13.2 Å². The van der Waals surface area contributed by atoms with Gasteiger partial charge in [-0.05, 0) is 30.2 Å². The number of nitrogens with zero attached hydrogens (tertiary/aromatic N) is 3. The Morgan fingerprint density at radius 2 is 2.25 bits per heavy atom. The number of imidazole rings is 1. The molecule has 0 fully saturated rings. The standard InChI is InChI=1S/C8H8ClN3/c1-5-3-6-7(10-4-5)12(2)8(9)11-6/h3-4H,1-2H3. The number of hydrogen-bond donors (Lipinski definition) is 0. The molecule has 0 aliphatic heterocycles. The summed E-state index contributed by atoms with van der Waals surface area (Å²) in [6.45, 7) is 1.98. The van der Waals surface area contributed by atoms with Crippen LogP contribution in [0.3, 0.4) is 0 Å². The van der Waals surface area contributed by atoms with Crippen LogP contribution in [0.4, 0.5) is 0 Å². The Hall–Kier alpha value is -1.09. The molecule has 0 spiro atoms. The molecule has 0 bridgehead atoms. The molecule has 2 rings (SSSR count). The van der Waals surface area contributed by atoms with Crippen LogP contribution in [-0.4, -0.2) is 14.5 Å². The third-order valence-electron chi connectivity index (χ3n) is 1.79. The van der Waals surface area contributed by atoms with Gasteiger partial charge < -0.3 is 4.57 Å². The largest absolute Gasteiger partial charge is 0.302 e. The molecule has 0 aromatic carbocycles. The second-order valence-corrected chi connectivity index (χ2v) is 3.13. The highest BCUT2D eigenvalue weighted by Crippen LogP contribution is 2.16. The smallest absolute Gasteiger partial charge is 0.204 e. The van der Waals surface area contributed by atoms with Gasteiger partial charge in [-0.25, -0.2) is 9.97 Å². The molecule has 0 saturated heterocycles. The van der Waals surface area contributed by atoms with Gasteiger partial charge in [0.05, 0.1) is 0 Å². The van der Waals surface area contributed by atoms with Gasteiger partial charge in [0.2, 0.25) is 5.28 Å². The number of aryl methyl sites for hydroxylation is 2. The Kier molecular flexibility index (Phi) is 1.54. The topological polar surface area (TPSA) is 30.7 Å². The monoisotopic (exact) mass is 181 g/mol. The molecule has 0 saturated carbocycles. The molecule has 2 heterocycles. The van der Waals surface area contributed by atoms with Crippen molar-refractivity contribution in [1.29, 1.82) is 0 Å². The van der Waals surface area contributed by atoms with Crippen LogP contribution >= 0.6 is 11.6 Å². The zero-order chi connectivity index (χ0) is 8.72. The van der Waals surface area contributed by atoms with Gasteiger partial charge in [-0.15, -0.1) is 0 Å². The lowest BCUT2D eigenvalue weighted by molar-refractivity contribution is 0.931. The summed E-state index contributed by atoms with van der Waals surface area (Å²) in [5, 5.41) is 0.475. The summed E-state index contributed by atoms with van der Waals surface area (Å²) >= 11 is 5.82. The Labute approximate surface area is 75.0 Å². The summed E-state index contributed by atoms with van der Waals surface area (Å²) in [4.78, 5) is 8.36. The fourth-order valence-corrected chi connectivity index (χ4v) is 1.32. The lowest BCUT2D eigenvalue weighted by Gasteiger charge is -1.93. The quantitative estimate of drug-likeness (QED) is 0.622. The normalized spacial score (nSPS) is 10.9. The van der Waals surface area contributed by atoms with Crippen molar-refractivity contribution in [2.45, 2.75) is 6.92 Å². The molecule has 2 aromatic heterocycles. The molecule has 0 atom stereocenters. The van der Waals surface area contributed by atoms with Crippen molar-refractivity contribution in [1.82, 2.24) is 14.5 Å². The second kappa shape index (κ2) is 2.45. The molecule has 2 aromatic rings. The summed E-state index contributed by atoms with van der Waals surface area (Å²) in [6.07, 6.45) is 1.81. The molecule has 0 N–H and O–H groups in total. The van der Waals surface area contributed by atoms with E-state index in [1.54, 1.807) is 10.8 Å². The minimum atomic E-state index is 0.475. The molecule has 0 aliphatic carbocycles. The SMILES string of the molecule is Cc1cnc2c(c1)nc(Cl)n2C. The molecule has 12 heavy (non-hydrogen) atoms. The maximum Gasteiger partial charge on any atom is 0.204 e. The van der Waals surface area contributed by atoms with E-state index in [1.165, 1.54) is 0 Å². The highest BCUT2D eigenvalue weighted by Gasteiger charge is 2.05. The van der Waals surface area contributed by atoms with Gasteiger partial charge in [0.25, 0.3) is 0 Å². The van der Waals surface area contributed by atoms with Crippen molar-refractivity contribution < 1.29 is 0 Å². The van der Waals surface area contributed by atoms with Crippen LogP contribution in [0.15, 0.2) is 12.3 Å². The molecule has 0 amide bonds. The van der Waals surface area contributed by atoms with Crippen LogP contribution in [0.1, 0.15) is 5.56 Å². The highest BCUT2D eigenvalue weighted by molar-refractivity contribution is 6.29. The lowest BCUT2D eigenvalue weighted by atomic mass is 10.3. The van der Waals surface area contributed by atoms with Crippen LogP contribution in [0.2, 0.25) is 5.28 Å². The Morgan fingerprint density at radius 3 is 3.00 bits per heavy atom. The minimum Gasteiger partial charge on any atom is -0.302 e. The van der Waals surface area contributed by atoms with Crippen molar-refractivity contribution in [2.24, 2.45) is 7.05 Å². The van der Waals surface area contributed by atoms with E-state index in [4.69, 9.17) is 11.6 Å². The van der Waals surface area contributed by atoms with Crippen molar-refractivity contribution in [3.63, 3.8) is 0 Å². The van der Waals surface area contributed by atoms with Crippen molar-refractivity contribution >= 4 is 22.8 Å². The minimum absolute atomic E-state index is 0.475. The predicted octanol–water partition coefficient (Wildman–Crippen LogP) is 1.93. The third kappa shape index (κ3) is 0.975. The summed E-state index contributed by atoms with van der Waals surface area (Å²) in [5.41, 5.74) is 2.77. The number of halogens is 1. The average Bonchev–Trinajstić information content (AvgIpc) is 2.28. The molecule has 0 aliphatic rings. The first kappa shape index (κ1) is 7.55. The lowest BCUT2D eigenvalue weighted by Crippen LogP contribution is -1.89. The summed E-state index contributed by atoms with van der Waals surface area (Å²) in [5.74, 6) is 0. The first-order valence-electron chi connectivity index (χ1n) is 3.63. The molecular weight excluding hydrogens is 174 g/mol. The van der Waals surface area contributed by atoms with E-state index in [9.17, 15) is 0 Å². The first-order chi connectivity index (χ1) is 5.68. The summed E-state index contributed by atoms with van der Waals surface area (Å²) in [7, 11) is 1.85. The fraction of sp³-hybridized carbons (Fsp3) is 0.250. The predicted molar refractivity (Wildman–Crippen MR) is 48.3 cm³/mol. The van der Waals surface area contributed by atoms with Crippen molar-refractivity contribution in [2.75, 3.05) is 0 Å². The van der Waals surface area contributed by atoms with E-state index >= 15 is 0 Å². The van der Waals surface area contributed by atoms with Crippen LogP contribution in [0, 0.1) is 6.92 Å². The van der Waals surface area contributed by atoms with Gasteiger partial charge >= 0.3 is 0 Å². The van der Waals surface area contributed by atoms with Crippen molar-refractivity contribution in [3.05, 3.63) is 23.1 Å². The van der Waals surface area contributed by atoms with Gasteiger partial charge in [-0.1, -0.05) is 0 Å². The van der Waals surface area contributed by atoms with Crippen LogP contribution in [0.5, 0.6) is 0 Å². The molecule has 4 heteroatoms. The van der Waals surface area contributed by atoms with Crippen LogP contribution in [0.25, 0.3) is 11.2 Å². The average molecular weight is 182 g/mol. The van der Waals surface area contributed by atoms with Crippen LogP contribution < -0.4 is 0 Å². The number of rotatable bonds is 0. The number of aromatic nitrogens is 3. The molecule has 0 unspecified atom stereocenters. The van der Waals surface area contributed by atoms with E-state index < -0.39 is 0 Å². The Bertz CT molecular complexity index is 433. The van der Waals surface area contributed by atoms with E-state index in [2.05, 4.69) is 9.97 Å². The maximum absolute atomic E-state index is 5.82. The Balaban J connectivity index is 2.87.